The molecule has 0 atom stereocenters. The number of rotatable bonds is 6. The standard InChI is InChI=1S/C14H16N4O2S/c1-3-21-14-16-12(17-18-14)8-9-13(19)15-10-4-6-11(20-2)7-5-10/h4-9H,3H2,1-2H3,(H,15,19)(H,16,17,18)/b9-8-. The number of carbonyl (C=O) groups is 1. The van der Waals surface area contributed by atoms with Gasteiger partial charge in [0.2, 0.25) is 11.1 Å². The highest BCUT2D eigenvalue weighted by Gasteiger charge is 2.01. The van der Waals surface area contributed by atoms with Gasteiger partial charge in [0, 0.05) is 11.8 Å². The molecule has 2 aromatic rings. The number of methoxy groups -OCH3 is 1. The summed E-state index contributed by atoms with van der Waals surface area (Å²) in [5.74, 6) is 1.96. The van der Waals surface area contributed by atoms with E-state index in [-0.39, 0.29) is 5.91 Å². The Bertz CT molecular complexity index is 622. The monoisotopic (exact) mass is 304 g/mol. The van der Waals surface area contributed by atoms with E-state index in [0.29, 0.717) is 16.7 Å². The Balaban J connectivity index is 1.91. The van der Waals surface area contributed by atoms with Gasteiger partial charge in [0.05, 0.1) is 7.11 Å². The molecule has 0 aliphatic carbocycles. The number of nitrogens with one attached hydrogen (secondary N) is 2. The Morgan fingerprint density at radius 2 is 2.19 bits per heavy atom. The molecule has 1 amide bonds. The molecule has 7 heteroatoms. The zero-order chi connectivity index (χ0) is 15.1. The number of hydrogen-bond donors (Lipinski definition) is 2. The molecule has 1 aromatic heterocycles. The molecule has 1 aromatic carbocycles. The average molecular weight is 304 g/mol. The van der Waals surface area contributed by atoms with E-state index in [1.165, 1.54) is 17.8 Å². The van der Waals surface area contributed by atoms with Crippen molar-refractivity contribution in [1.29, 1.82) is 0 Å². The number of ether oxygens (including phenoxy) is 1. The number of nitrogens with zero attached hydrogens (tertiary/aromatic N) is 2. The summed E-state index contributed by atoms with van der Waals surface area (Å²) in [4.78, 5) is 16.0. The summed E-state index contributed by atoms with van der Waals surface area (Å²) >= 11 is 1.54. The SMILES string of the molecule is CCSc1n[nH]c(/C=C\C(=O)Nc2ccc(OC)cc2)n1. The van der Waals surface area contributed by atoms with Crippen LogP contribution in [0.25, 0.3) is 6.08 Å². The van der Waals surface area contributed by atoms with Crippen LogP contribution in [0.5, 0.6) is 5.75 Å². The lowest BCUT2D eigenvalue weighted by molar-refractivity contribution is -0.111. The molecule has 0 bridgehead atoms. The summed E-state index contributed by atoms with van der Waals surface area (Å²) < 4.78 is 5.05. The predicted molar refractivity (Wildman–Crippen MR) is 83.4 cm³/mol. The highest BCUT2D eigenvalue weighted by atomic mass is 32.2. The lowest BCUT2D eigenvalue weighted by atomic mass is 10.3. The second kappa shape index (κ2) is 7.49. The van der Waals surface area contributed by atoms with E-state index in [2.05, 4.69) is 20.5 Å². The third-order valence-electron chi connectivity index (χ3n) is 2.51. The maximum absolute atomic E-state index is 11.8. The quantitative estimate of drug-likeness (QED) is 0.633. The zero-order valence-electron chi connectivity index (χ0n) is 11.8. The smallest absolute Gasteiger partial charge is 0.248 e. The second-order valence-electron chi connectivity index (χ2n) is 3.99. The Kier molecular flexibility index (Phi) is 5.39. The fraction of sp³-hybridized carbons (Fsp3) is 0.214. The molecule has 0 aliphatic heterocycles. The fourth-order valence-electron chi connectivity index (χ4n) is 1.54. The van der Waals surface area contributed by atoms with E-state index in [1.807, 2.05) is 6.92 Å². The number of aromatic amines is 1. The number of anilines is 1. The minimum Gasteiger partial charge on any atom is -0.497 e. The number of carbonyl (C=O) groups excluding carboxylic acids is 1. The first-order valence-electron chi connectivity index (χ1n) is 6.39. The number of hydrogen-bond acceptors (Lipinski definition) is 5. The van der Waals surface area contributed by atoms with Gasteiger partial charge in [-0.15, -0.1) is 5.10 Å². The second-order valence-corrected chi connectivity index (χ2v) is 5.22. The van der Waals surface area contributed by atoms with Crippen LogP contribution < -0.4 is 10.1 Å². The van der Waals surface area contributed by atoms with Gasteiger partial charge in [-0.25, -0.2) is 4.98 Å². The molecular formula is C14H16N4O2S. The van der Waals surface area contributed by atoms with Gasteiger partial charge < -0.3 is 10.1 Å². The summed E-state index contributed by atoms with van der Waals surface area (Å²) in [5, 5.41) is 10.2. The number of H-pyrrole nitrogens is 1. The maximum Gasteiger partial charge on any atom is 0.248 e. The molecule has 0 radical (unpaired) electrons. The van der Waals surface area contributed by atoms with Crippen LogP contribution in [0.1, 0.15) is 12.7 Å². The van der Waals surface area contributed by atoms with Crippen molar-refractivity contribution < 1.29 is 9.53 Å². The molecule has 0 saturated carbocycles. The van der Waals surface area contributed by atoms with Crippen molar-refractivity contribution in [3.63, 3.8) is 0 Å². The lowest BCUT2D eigenvalue weighted by Gasteiger charge is -2.03. The number of benzene rings is 1. The summed E-state index contributed by atoms with van der Waals surface area (Å²) in [6.45, 7) is 2.03. The van der Waals surface area contributed by atoms with Crippen molar-refractivity contribution in [2.24, 2.45) is 0 Å². The first kappa shape index (κ1) is 15.1. The van der Waals surface area contributed by atoms with Crippen molar-refractivity contribution in [1.82, 2.24) is 15.2 Å². The number of amides is 1. The molecular weight excluding hydrogens is 288 g/mol. The van der Waals surface area contributed by atoms with Gasteiger partial charge in [-0.2, -0.15) is 0 Å². The Morgan fingerprint density at radius 1 is 1.43 bits per heavy atom. The first-order chi connectivity index (χ1) is 10.2. The van der Waals surface area contributed by atoms with Crippen LogP contribution in [0.2, 0.25) is 0 Å². The van der Waals surface area contributed by atoms with E-state index in [1.54, 1.807) is 37.5 Å². The van der Waals surface area contributed by atoms with Crippen LogP contribution in [0.4, 0.5) is 5.69 Å². The van der Waals surface area contributed by atoms with Gasteiger partial charge in [0.25, 0.3) is 0 Å². The maximum atomic E-state index is 11.8. The van der Waals surface area contributed by atoms with Crippen molar-refractivity contribution in [2.75, 3.05) is 18.2 Å². The van der Waals surface area contributed by atoms with Crippen molar-refractivity contribution in [2.45, 2.75) is 12.1 Å². The highest BCUT2D eigenvalue weighted by molar-refractivity contribution is 7.99. The van der Waals surface area contributed by atoms with Crippen molar-refractivity contribution >= 4 is 29.4 Å². The summed E-state index contributed by atoms with van der Waals surface area (Å²) in [7, 11) is 1.60. The van der Waals surface area contributed by atoms with Gasteiger partial charge in [-0.05, 0) is 36.1 Å². The zero-order valence-corrected chi connectivity index (χ0v) is 12.6. The van der Waals surface area contributed by atoms with Crippen LogP contribution in [-0.4, -0.2) is 34.0 Å². The summed E-state index contributed by atoms with van der Waals surface area (Å²) in [5.41, 5.74) is 0.699. The molecule has 1 heterocycles. The molecule has 2 rings (SSSR count). The van der Waals surface area contributed by atoms with Gasteiger partial charge >= 0.3 is 0 Å². The van der Waals surface area contributed by atoms with Crippen molar-refractivity contribution in [3.8, 4) is 5.75 Å². The third kappa shape index (κ3) is 4.64. The molecule has 0 unspecified atom stereocenters. The van der Waals surface area contributed by atoms with E-state index in [9.17, 15) is 4.79 Å². The number of aromatic nitrogens is 3. The van der Waals surface area contributed by atoms with Crippen LogP contribution in [0.3, 0.4) is 0 Å². The largest absolute Gasteiger partial charge is 0.497 e. The van der Waals surface area contributed by atoms with E-state index >= 15 is 0 Å². The van der Waals surface area contributed by atoms with Gasteiger partial charge in [-0.3, -0.25) is 9.89 Å². The molecule has 0 fully saturated rings. The first-order valence-corrected chi connectivity index (χ1v) is 7.38. The topological polar surface area (TPSA) is 79.9 Å². The van der Waals surface area contributed by atoms with Crippen LogP contribution in [0, 0.1) is 0 Å². The highest BCUT2D eigenvalue weighted by Crippen LogP contribution is 2.15. The van der Waals surface area contributed by atoms with E-state index < -0.39 is 0 Å². The molecule has 2 N–H and O–H groups in total. The molecule has 110 valence electrons. The van der Waals surface area contributed by atoms with Gasteiger partial charge in [0.1, 0.15) is 11.6 Å². The minimum absolute atomic E-state index is 0.235. The Hall–Kier alpha value is -2.28. The van der Waals surface area contributed by atoms with Crippen LogP contribution in [0.15, 0.2) is 35.5 Å². The minimum atomic E-state index is -0.235. The molecule has 0 saturated heterocycles. The van der Waals surface area contributed by atoms with Crippen LogP contribution >= 0.6 is 11.8 Å². The Morgan fingerprint density at radius 3 is 2.86 bits per heavy atom. The lowest BCUT2D eigenvalue weighted by Crippen LogP contribution is -2.07. The molecule has 21 heavy (non-hydrogen) atoms. The average Bonchev–Trinajstić information content (AvgIpc) is 2.94. The third-order valence-corrected chi connectivity index (χ3v) is 3.24. The normalized spacial score (nSPS) is 10.8. The molecule has 6 nitrogen and oxygen atoms in total. The molecule has 0 spiro atoms. The molecule has 0 aliphatic rings. The van der Waals surface area contributed by atoms with Crippen LogP contribution in [-0.2, 0) is 4.79 Å². The van der Waals surface area contributed by atoms with E-state index in [4.69, 9.17) is 4.74 Å². The van der Waals surface area contributed by atoms with Gasteiger partial charge in [0.15, 0.2) is 0 Å². The fourth-order valence-corrected chi connectivity index (χ4v) is 2.07. The predicted octanol–water partition coefficient (Wildman–Crippen LogP) is 2.58. The van der Waals surface area contributed by atoms with Crippen molar-refractivity contribution in [3.05, 3.63) is 36.2 Å². The number of thioether (sulfide) groups is 1. The van der Waals surface area contributed by atoms with E-state index in [0.717, 1.165) is 11.5 Å². The summed E-state index contributed by atoms with van der Waals surface area (Å²) in [6.07, 6.45) is 3.00. The Labute approximate surface area is 127 Å². The summed E-state index contributed by atoms with van der Waals surface area (Å²) in [6, 6.07) is 7.11. The van der Waals surface area contributed by atoms with Gasteiger partial charge in [-0.1, -0.05) is 18.7 Å².